The monoisotopic (exact) mass is 263 g/mol. The first-order chi connectivity index (χ1) is 8.81. The number of carboxylic acids is 1. The number of carbonyl (C=O) groups excluding carboxylic acids is 1. The van der Waals surface area contributed by atoms with E-state index in [9.17, 15) is 9.59 Å². The highest BCUT2D eigenvalue weighted by molar-refractivity contribution is 5.95. The summed E-state index contributed by atoms with van der Waals surface area (Å²) < 4.78 is 0. The molecule has 0 bridgehead atoms. The second kappa shape index (κ2) is 6.36. The van der Waals surface area contributed by atoms with Gasteiger partial charge >= 0.3 is 5.97 Å². The Kier molecular flexibility index (Phi) is 5.10. The number of carbonyl (C=O) groups is 2. The summed E-state index contributed by atoms with van der Waals surface area (Å²) in [4.78, 5) is 22.9. The van der Waals surface area contributed by atoms with Gasteiger partial charge < -0.3 is 10.4 Å². The Labute approximate surface area is 113 Å². The van der Waals surface area contributed by atoms with Gasteiger partial charge in [-0.2, -0.15) is 0 Å². The van der Waals surface area contributed by atoms with Crippen LogP contribution in [0.2, 0.25) is 0 Å². The van der Waals surface area contributed by atoms with Crippen molar-refractivity contribution in [1.29, 1.82) is 0 Å². The van der Waals surface area contributed by atoms with E-state index in [1.807, 2.05) is 6.92 Å². The molecule has 1 aromatic carbocycles. The molecule has 0 spiro atoms. The molecule has 1 amide bonds. The molecule has 0 heterocycles. The number of nitrogens with one attached hydrogen (secondary N) is 1. The van der Waals surface area contributed by atoms with Crippen LogP contribution in [0.25, 0.3) is 0 Å². The van der Waals surface area contributed by atoms with Crippen molar-refractivity contribution in [2.45, 2.75) is 40.5 Å². The molecular weight excluding hydrogens is 242 g/mol. The summed E-state index contributed by atoms with van der Waals surface area (Å²) in [5.74, 6) is -0.577. The summed E-state index contributed by atoms with van der Waals surface area (Å²) in [5, 5.41) is 11.9. The van der Waals surface area contributed by atoms with Crippen LogP contribution in [-0.4, -0.2) is 17.0 Å². The smallest absolute Gasteiger partial charge is 0.336 e. The van der Waals surface area contributed by atoms with Gasteiger partial charge in [0.15, 0.2) is 0 Å². The van der Waals surface area contributed by atoms with Crippen LogP contribution in [0.5, 0.6) is 0 Å². The number of amides is 1. The average Bonchev–Trinajstić information content (AvgIpc) is 2.30. The van der Waals surface area contributed by atoms with Crippen LogP contribution >= 0.6 is 0 Å². The molecule has 0 unspecified atom stereocenters. The summed E-state index contributed by atoms with van der Waals surface area (Å²) in [7, 11) is 0. The first-order valence-corrected chi connectivity index (χ1v) is 6.45. The van der Waals surface area contributed by atoms with Gasteiger partial charge in [0, 0.05) is 12.1 Å². The van der Waals surface area contributed by atoms with Crippen molar-refractivity contribution in [2.75, 3.05) is 5.32 Å². The molecule has 104 valence electrons. The van der Waals surface area contributed by atoms with Crippen molar-refractivity contribution in [2.24, 2.45) is 5.92 Å². The molecular formula is C15H21NO3. The number of anilines is 1. The SMILES string of the molecule is Cc1cc(NC(=O)CCC(C)C)cc(C(=O)O)c1C. The number of aryl methyl sites for hydroxylation is 1. The molecule has 0 atom stereocenters. The molecule has 0 saturated carbocycles. The van der Waals surface area contributed by atoms with Crippen LogP contribution in [0.3, 0.4) is 0 Å². The van der Waals surface area contributed by atoms with Crippen LogP contribution < -0.4 is 5.32 Å². The van der Waals surface area contributed by atoms with Crippen LogP contribution in [0, 0.1) is 19.8 Å². The topological polar surface area (TPSA) is 66.4 Å². The maximum atomic E-state index is 11.7. The predicted molar refractivity (Wildman–Crippen MR) is 75.6 cm³/mol. The van der Waals surface area contributed by atoms with Crippen LogP contribution in [-0.2, 0) is 4.79 Å². The van der Waals surface area contributed by atoms with E-state index in [-0.39, 0.29) is 11.5 Å². The molecule has 4 nitrogen and oxygen atoms in total. The van der Waals surface area contributed by atoms with Gasteiger partial charge in [0.25, 0.3) is 0 Å². The summed E-state index contributed by atoms with van der Waals surface area (Å²) in [6, 6.07) is 3.31. The molecule has 0 aromatic heterocycles. The average molecular weight is 263 g/mol. The minimum absolute atomic E-state index is 0.0757. The van der Waals surface area contributed by atoms with Crippen LogP contribution in [0.4, 0.5) is 5.69 Å². The first-order valence-electron chi connectivity index (χ1n) is 6.45. The fourth-order valence-electron chi connectivity index (χ4n) is 1.80. The van der Waals surface area contributed by atoms with Crippen molar-refractivity contribution in [3.05, 3.63) is 28.8 Å². The fourth-order valence-corrected chi connectivity index (χ4v) is 1.80. The van der Waals surface area contributed by atoms with Gasteiger partial charge in [-0.05, 0) is 49.4 Å². The van der Waals surface area contributed by atoms with Crippen molar-refractivity contribution < 1.29 is 14.7 Å². The summed E-state index contributed by atoms with van der Waals surface area (Å²) in [6.07, 6.45) is 1.27. The molecule has 0 aliphatic rings. The first kappa shape index (κ1) is 15.2. The number of carboxylic acid groups (broad SMARTS) is 1. The zero-order valence-electron chi connectivity index (χ0n) is 11.9. The van der Waals surface area contributed by atoms with E-state index in [1.54, 1.807) is 13.0 Å². The normalized spacial score (nSPS) is 10.6. The maximum Gasteiger partial charge on any atom is 0.336 e. The fraction of sp³-hybridized carbons (Fsp3) is 0.467. The Morgan fingerprint density at radius 2 is 1.89 bits per heavy atom. The predicted octanol–water partition coefficient (Wildman–Crippen LogP) is 3.38. The van der Waals surface area contributed by atoms with E-state index in [4.69, 9.17) is 5.11 Å². The second-order valence-electron chi connectivity index (χ2n) is 5.25. The summed E-state index contributed by atoms with van der Waals surface area (Å²) in [6.45, 7) is 7.73. The third-order valence-electron chi connectivity index (χ3n) is 3.13. The van der Waals surface area contributed by atoms with Gasteiger partial charge in [-0.1, -0.05) is 13.8 Å². The van der Waals surface area contributed by atoms with Crippen molar-refractivity contribution in [3.8, 4) is 0 Å². The van der Waals surface area contributed by atoms with Gasteiger partial charge in [0.05, 0.1) is 5.56 Å². The van der Waals surface area contributed by atoms with Gasteiger partial charge in [-0.15, -0.1) is 0 Å². The quantitative estimate of drug-likeness (QED) is 0.855. The highest BCUT2D eigenvalue weighted by Gasteiger charge is 2.12. The van der Waals surface area contributed by atoms with Gasteiger partial charge in [-0.3, -0.25) is 4.79 Å². The standard InChI is InChI=1S/C15H21NO3/c1-9(2)5-6-14(17)16-12-7-10(3)11(4)13(8-12)15(18)19/h7-9H,5-6H2,1-4H3,(H,16,17)(H,18,19). The minimum atomic E-state index is -0.973. The maximum absolute atomic E-state index is 11.7. The Morgan fingerprint density at radius 1 is 1.26 bits per heavy atom. The molecule has 19 heavy (non-hydrogen) atoms. The lowest BCUT2D eigenvalue weighted by molar-refractivity contribution is -0.116. The van der Waals surface area contributed by atoms with Crippen LogP contribution in [0.1, 0.15) is 48.2 Å². The molecule has 1 aromatic rings. The third-order valence-corrected chi connectivity index (χ3v) is 3.13. The number of hydrogen-bond donors (Lipinski definition) is 2. The van der Waals surface area contributed by atoms with E-state index >= 15 is 0 Å². The Hall–Kier alpha value is -1.84. The zero-order valence-corrected chi connectivity index (χ0v) is 11.9. The number of rotatable bonds is 5. The third kappa shape index (κ3) is 4.39. The molecule has 0 fully saturated rings. The Balaban J connectivity index is 2.85. The summed E-state index contributed by atoms with van der Waals surface area (Å²) >= 11 is 0. The van der Waals surface area contributed by atoms with Gasteiger partial charge in [0.2, 0.25) is 5.91 Å². The van der Waals surface area contributed by atoms with Crippen molar-refractivity contribution >= 4 is 17.6 Å². The van der Waals surface area contributed by atoms with Gasteiger partial charge in [0.1, 0.15) is 0 Å². The molecule has 1 rings (SSSR count). The van der Waals surface area contributed by atoms with E-state index in [0.29, 0.717) is 18.0 Å². The molecule has 0 aliphatic carbocycles. The lowest BCUT2D eigenvalue weighted by Gasteiger charge is -2.11. The molecule has 0 radical (unpaired) electrons. The van der Waals surface area contributed by atoms with E-state index < -0.39 is 5.97 Å². The lowest BCUT2D eigenvalue weighted by atomic mass is 10.0. The van der Waals surface area contributed by atoms with E-state index in [2.05, 4.69) is 19.2 Å². The lowest BCUT2D eigenvalue weighted by Crippen LogP contribution is -2.13. The van der Waals surface area contributed by atoms with Gasteiger partial charge in [-0.25, -0.2) is 4.79 Å². The highest BCUT2D eigenvalue weighted by atomic mass is 16.4. The number of benzene rings is 1. The zero-order chi connectivity index (χ0) is 14.6. The molecule has 0 aliphatic heterocycles. The number of hydrogen-bond acceptors (Lipinski definition) is 2. The number of aromatic carboxylic acids is 1. The van der Waals surface area contributed by atoms with Crippen molar-refractivity contribution in [1.82, 2.24) is 0 Å². The molecule has 4 heteroatoms. The van der Waals surface area contributed by atoms with Crippen molar-refractivity contribution in [3.63, 3.8) is 0 Å². The molecule has 2 N–H and O–H groups in total. The Bertz CT molecular complexity index is 492. The molecule has 0 saturated heterocycles. The van der Waals surface area contributed by atoms with Crippen LogP contribution in [0.15, 0.2) is 12.1 Å². The van der Waals surface area contributed by atoms with E-state index in [1.165, 1.54) is 6.07 Å². The second-order valence-corrected chi connectivity index (χ2v) is 5.25. The largest absolute Gasteiger partial charge is 0.478 e. The summed E-state index contributed by atoms with van der Waals surface area (Å²) in [5.41, 5.74) is 2.38. The Morgan fingerprint density at radius 3 is 2.42 bits per heavy atom. The van der Waals surface area contributed by atoms with E-state index in [0.717, 1.165) is 17.5 Å². The highest BCUT2D eigenvalue weighted by Crippen LogP contribution is 2.20. The minimum Gasteiger partial charge on any atom is -0.478 e.